The second-order valence-electron chi connectivity index (χ2n) is 9.83. The molecule has 4 nitrogen and oxygen atoms in total. The molecule has 2 aromatic rings. The van der Waals surface area contributed by atoms with Gasteiger partial charge in [-0.2, -0.15) is 13.2 Å². The number of carbonyl (C=O) groups is 1. The molecular weight excluding hydrogens is 465 g/mol. The topological polar surface area (TPSA) is 41.6 Å². The van der Waals surface area contributed by atoms with Crippen molar-refractivity contribution in [1.29, 1.82) is 0 Å². The van der Waals surface area contributed by atoms with Crippen LogP contribution >= 0.6 is 0 Å². The lowest BCUT2D eigenvalue weighted by molar-refractivity contribution is -0.137. The first-order valence-electron chi connectivity index (χ1n) is 12.4. The van der Waals surface area contributed by atoms with Gasteiger partial charge < -0.3 is 10.1 Å². The van der Waals surface area contributed by atoms with E-state index in [1.807, 2.05) is 18.2 Å². The molecule has 1 saturated carbocycles. The number of ether oxygens (including phenoxy) is 1. The zero-order valence-electron chi connectivity index (χ0n) is 20.6. The average Bonchev–Trinajstić information content (AvgIpc) is 2.87. The van der Waals surface area contributed by atoms with Gasteiger partial charge in [-0.1, -0.05) is 30.3 Å². The number of likely N-dealkylation sites (tertiary alicyclic amines) is 1. The summed E-state index contributed by atoms with van der Waals surface area (Å²) in [6, 6.07) is 13.2. The Labute approximate surface area is 210 Å². The Morgan fingerprint density at radius 2 is 2.03 bits per heavy atom. The lowest BCUT2D eigenvalue weighted by Gasteiger charge is -2.53. The van der Waals surface area contributed by atoms with Gasteiger partial charge in [-0.05, 0) is 79.6 Å². The van der Waals surface area contributed by atoms with Gasteiger partial charge >= 0.3 is 6.18 Å². The van der Waals surface area contributed by atoms with Gasteiger partial charge in [0.25, 0.3) is 0 Å². The highest BCUT2D eigenvalue weighted by atomic mass is 19.4. The molecular formula is C29H33F3N2O2. The van der Waals surface area contributed by atoms with Crippen LogP contribution in [-0.2, 0) is 16.4 Å². The number of piperidine rings is 1. The molecule has 0 aromatic heterocycles. The number of fused-ring (bicyclic) bond motifs is 1. The quantitative estimate of drug-likeness (QED) is 0.385. The molecule has 4 rings (SSSR count). The van der Waals surface area contributed by atoms with Crippen molar-refractivity contribution in [3.8, 4) is 5.75 Å². The van der Waals surface area contributed by atoms with E-state index in [4.69, 9.17) is 4.74 Å². The van der Waals surface area contributed by atoms with Gasteiger partial charge in [-0.15, -0.1) is 6.58 Å². The van der Waals surface area contributed by atoms with Crippen LogP contribution < -0.4 is 10.1 Å². The highest BCUT2D eigenvalue weighted by molar-refractivity contribution is 5.92. The summed E-state index contributed by atoms with van der Waals surface area (Å²) < 4.78 is 44.5. The van der Waals surface area contributed by atoms with Gasteiger partial charge in [-0.3, -0.25) is 9.69 Å². The molecule has 7 heteroatoms. The van der Waals surface area contributed by atoms with Crippen LogP contribution in [0.15, 0.2) is 67.3 Å². The number of nitrogens with one attached hydrogen (secondary N) is 1. The van der Waals surface area contributed by atoms with Gasteiger partial charge in [0.1, 0.15) is 5.75 Å². The molecule has 1 N–H and O–H groups in total. The fourth-order valence-electron chi connectivity index (χ4n) is 5.86. The zero-order valence-corrected chi connectivity index (χ0v) is 20.6. The van der Waals surface area contributed by atoms with Crippen molar-refractivity contribution in [2.45, 2.75) is 43.3 Å². The van der Waals surface area contributed by atoms with Crippen molar-refractivity contribution in [1.82, 2.24) is 10.2 Å². The summed E-state index contributed by atoms with van der Waals surface area (Å²) in [5, 5.41) is 3.12. The normalized spacial score (nSPS) is 24.8. The highest BCUT2D eigenvalue weighted by Crippen LogP contribution is 2.49. The Kier molecular flexibility index (Phi) is 7.88. The molecule has 192 valence electrons. The van der Waals surface area contributed by atoms with E-state index in [0.29, 0.717) is 11.5 Å². The van der Waals surface area contributed by atoms with E-state index in [1.54, 1.807) is 13.2 Å². The molecule has 0 spiro atoms. The Balaban J connectivity index is 1.50. The number of hydrogen-bond donors (Lipinski definition) is 1. The molecule has 2 aliphatic rings. The SMILES string of the molecule is C=CCN1CCC2(c3cccc(OC)c3)CC(NC(=O)C=Cc3cccc(C(F)(F)F)c3)CCC2C1. The van der Waals surface area contributed by atoms with Crippen molar-refractivity contribution >= 4 is 12.0 Å². The molecule has 1 aliphatic carbocycles. The molecule has 0 radical (unpaired) electrons. The molecule has 36 heavy (non-hydrogen) atoms. The smallest absolute Gasteiger partial charge is 0.416 e. The van der Waals surface area contributed by atoms with Crippen molar-refractivity contribution in [2.24, 2.45) is 5.92 Å². The van der Waals surface area contributed by atoms with E-state index in [0.717, 1.165) is 63.2 Å². The van der Waals surface area contributed by atoms with Crippen LogP contribution in [0.2, 0.25) is 0 Å². The van der Waals surface area contributed by atoms with E-state index >= 15 is 0 Å². The first-order valence-corrected chi connectivity index (χ1v) is 12.4. The number of amides is 1. The highest BCUT2D eigenvalue weighted by Gasteiger charge is 2.48. The Morgan fingerprint density at radius 1 is 1.22 bits per heavy atom. The molecule has 2 fully saturated rings. The fourth-order valence-corrected chi connectivity index (χ4v) is 5.86. The molecule has 1 amide bonds. The van der Waals surface area contributed by atoms with Crippen LogP contribution in [0.25, 0.3) is 6.08 Å². The molecule has 3 unspecified atom stereocenters. The molecule has 1 heterocycles. The van der Waals surface area contributed by atoms with Crippen LogP contribution in [-0.4, -0.2) is 43.6 Å². The van der Waals surface area contributed by atoms with Gasteiger partial charge in [0.2, 0.25) is 5.91 Å². The summed E-state index contributed by atoms with van der Waals surface area (Å²) in [6.45, 7) is 6.70. The zero-order chi connectivity index (χ0) is 25.8. The van der Waals surface area contributed by atoms with E-state index in [2.05, 4.69) is 28.9 Å². The van der Waals surface area contributed by atoms with Crippen molar-refractivity contribution in [3.05, 3.63) is 84.0 Å². The standard InChI is InChI=1S/C29H33F3N2O2/c1-3-15-34-16-14-28(22-7-5-9-26(18-22)36-2)19-25(12-11-24(28)20-34)33-27(35)13-10-21-6-4-8-23(17-21)29(30,31)32/h3-10,13,17-18,24-25H,1,11-12,14-16,19-20H2,2H3,(H,33,35). The Morgan fingerprint density at radius 3 is 2.78 bits per heavy atom. The second-order valence-corrected chi connectivity index (χ2v) is 9.83. The number of nitrogens with zero attached hydrogens (tertiary/aromatic N) is 1. The van der Waals surface area contributed by atoms with Crippen molar-refractivity contribution in [2.75, 3.05) is 26.7 Å². The number of halogens is 3. The first kappa shape index (κ1) is 26.0. The van der Waals surface area contributed by atoms with Gasteiger partial charge in [0, 0.05) is 30.6 Å². The van der Waals surface area contributed by atoms with Crippen LogP contribution in [0.1, 0.15) is 42.4 Å². The number of carbonyl (C=O) groups excluding carboxylic acids is 1. The predicted molar refractivity (Wildman–Crippen MR) is 136 cm³/mol. The Hall–Kier alpha value is -3.06. The Bertz CT molecular complexity index is 1110. The monoisotopic (exact) mass is 498 g/mol. The molecule has 3 atom stereocenters. The van der Waals surface area contributed by atoms with Crippen LogP contribution in [0.5, 0.6) is 5.75 Å². The second kappa shape index (κ2) is 10.9. The largest absolute Gasteiger partial charge is 0.497 e. The number of hydrogen-bond acceptors (Lipinski definition) is 3. The summed E-state index contributed by atoms with van der Waals surface area (Å²) in [6.07, 6.45) is 3.92. The van der Waals surface area contributed by atoms with Crippen molar-refractivity contribution < 1.29 is 22.7 Å². The summed E-state index contributed by atoms with van der Waals surface area (Å²) >= 11 is 0. The number of methoxy groups -OCH3 is 1. The third-order valence-electron chi connectivity index (χ3n) is 7.63. The first-order chi connectivity index (χ1) is 17.2. The summed E-state index contributed by atoms with van der Waals surface area (Å²) in [5.41, 5.74) is 0.772. The summed E-state index contributed by atoms with van der Waals surface area (Å²) in [4.78, 5) is 15.2. The molecule has 1 aliphatic heterocycles. The number of rotatable bonds is 7. The maximum absolute atomic E-state index is 13.0. The minimum atomic E-state index is -4.42. The minimum absolute atomic E-state index is 0.0166. The third-order valence-corrected chi connectivity index (χ3v) is 7.63. The van der Waals surface area contributed by atoms with Gasteiger partial charge in [0.15, 0.2) is 0 Å². The lowest BCUT2D eigenvalue weighted by atomic mass is 9.58. The predicted octanol–water partition coefficient (Wildman–Crippen LogP) is 5.84. The third kappa shape index (κ3) is 5.84. The lowest BCUT2D eigenvalue weighted by Crippen LogP contribution is -2.56. The van der Waals surface area contributed by atoms with Gasteiger partial charge in [-0.25, -0.2) is 0 Å². The molecule has 0 bridgehead atoms. The molecule has 2 aromatic carbocycles. The summed E-state index contributed by atoms with van der Waals surface area (Å²) in [5.74, 6) is 0.984. The molecule has 1 saturated heterocycles. The van der Waals surface area contributed by atoms with E-state index < -0.39 is 11.7 Å². The maximum atomic E-state index is 13.0. The van der Waals surface area contributed by atoms with Crippen molar-refractivity contribution in [3.63, 3.8) is 0 Å². The van der Waals surface area contributed by atoms with Crippen LogP contribution in [0.3, 0.4) is 0 Å². The van der Waals surface area contributed by atoms with E-state index in [1.165, 1.54) is 23.8 Å². The minimum Gasteiger partial charge on any atom is -0.497 e. The fraction of sp³-hybridized carbons (Fsp3) is 0.414. The van der Waals surface area contributed by atoms with E-state index in [-0.39, 0.29) is 17.4 Å². The van der Waals surface area contributed by atoms with Gasteiger partial charge in [0.05, 0.1) is 12.7 Å². The van der Waals surface area contributed by atoms with Crippen LogP contribution in [0.4, 0.5) is 13.2 Å². The van der Waals surface area contributed by atoms with Crippen LogP contribution in [0, 0.1) is 5.92 Å². The summed E-state index contributed by atoms with van der Waals surface area (Å²) in [7, 11) is 1.67. The number of benzene rings is 2. The van der Waals surface area contributed by atoms with E-state index in [9.17, 15) is 18.0 Å². The average molecular weight is 499 g/mol. The number of alkyl halides is 3. The maximum Gasteiger partial charge on any atom is 0.416 e.